The van der Waals surface area contributed by atoms with Crippen molar-refractivity contribution >= 4 is 5.97 Å². The molecule has 0 spiro atoms. The third kappa shape index (κ3) is 4.45. The zero-order valence-electron chi connectivity index (χ0n) is 14.6. The number of carbonyl (C=O) groups excluding carboxylic acids is 1. The van der Waals surface area contributed by atoms with Crippen LogP contribution in [0.5, 0.6) is 0 Å². The van der Waals surface area contributed by atoms with E-state index in [0.717, 1.165) is 22.4 Å². The molecular weight excluding hydrogens is 328 g/mol. The van der Waals surface area contributed by atoms with E-state index in [-0.39, 0.29) is 5.56 Å². The van der Waals surface area contributed by atoms with E-state index in [2.05, 4.69) is 9.97 Å². The maximum atomic E-state index is 11.8. The summed E-state index contributed by atoms with van der Waals surface area (Å²) in [5.74, 6) is -0.405. The molecule has 0 radical (unpaired) electrons. The van der Waals surface area contributed by atoms with Gasteiger partial charge < -0.3 is 9.72 Å². The highest BCUT2D eigenvalue weighted by Crippen LogP contribution is 2.12. The summed E-state index contributed by atoms with van der Waals surface area (Å²) in [6.07, 6.45) is 2.85. The molecule has 1 N–H and O–H groups in total. The van der Waals surface area contributed by atoms with E-state index in [1.807, 2.05) is 48.5 Å². The highest BCUT2D eigenvalue weighted by molar-refractivity contribution is 5.87. The summed E-state index contributed by atoms with van der Waals surface area (Å²) in [4.78, 5) is 30.6. The summed E-state index contributed by atoms with van der Waals surface area (Å²) in [6, 6.07) is 17.1. The number of hydrogen-bond acceptors (Lipinski definition) is 4. The van der Waals surface area contributed by atoms with E-state index in [1.54, 1.807) is 19.2 Å². The van der Waals surface area contributed by atoms with E-state index < -0.39 is 5.97 Å². The number of H-pyrrole nitrogens is 1. The van der Waals surface area contributed by atoms with Crippen LogP contribution >= 0.6 is 0 Å². The van der Waals surface area contributed by atoms with Gasteiger partial charge in [0, 0.05) is 30.3 Å². The van der Waals surface area contributed by atoms with Crippen LogP contribution < -0.4 is 5.56 Å². The van der Waals surface area contributed by atoms with Crippen molar-refractivity contribution in [3.05, 3.63) is 99.2 Å². The Kier molecular flexibility index (Phi) is 5.59. The summed E-state index contributed by atoms with van der Waals surface area (Å²) < 4.78 is 4.99. The van der Waals surface area contributed by atoms with Gasteiger partial charge in [-0.3, -0.25) is 4.79 Å². The minimum absolute atomic E-state index is 0.0587. The molecule has 0 aliphatic heterocycles. The number of pyridine rings is 2. The van der Waals surface area contributed by atoms with E-state index in [9.17, 15) is 9.59 Å². The number of esters is 1. The first-order valence-electron chi connectivity index (χ1n) is 8.53. The van der Waals surface area contributed by atoms with Crippen molar-refractivity contribution in [3.8, 4) is 0 Å². The van der Waals surface area contributed by atoms with Crippen LogP contribution in [0.1, 0.15) is 39.8 Å². The topological polar surface area (TPSA) is 72.1 Å². The highest BCUT2D eigenvalue weighted by atomic mass is 16.5. The van der Waals surface area contributed by atoms with E-state index >= 15 is 0 Å². The minimum atomic E-state index is -0.405. The highest BCUT2D eigenvalue weighted by Gasteiger charge is 2.09. The van der Waals surface area contributed by atoms with Crippen LogP contribution in [0.25, 0.3) is 0 Å². The zero-order chi connectivity index (χ0) is 18.4. The Labute approximate surface area is 151 Å². The molecule has 0 aliphatic rings. The standard InChI is InChI=1S/C21H20N2O3/c1-2-26-21(25)19-7-3-6-18(23-19)14-16-10-8-15(9-11-16)13-17-5-4-12-22-20(17)24/h3-12H,2,13-14H2,1H3,(H,22,24). The molecule has 0 bridgehead atoms. The van der Waals surface area contributed by atoms with Crippen molar-refractivity contribution < 1.29 is 9.53 Å². The molecule has 26 heavy (non-hydrogen) atoms. The molecule has 2 aromatic heterocycles. The van der Waals surface area contributed by atoms with Gasteiger partial charge in [0.05, 0.1) is 6.61 Å². The number of aromatic amines is 1. The average Bonchev–Trinajstić information content (AvgIpc) is 2.66. The van der Waals surface area contributed by atoms with Crippen molar-refractivity contribution in [2.24, 2.45) is 0 Å². The number of rotatable bonds is 6. The molecule has 5 nitrogen and oxygen atoms in total. The lowest BCUT2D eigenvalue weighted by atomic mass is 10.0. The molecule has 0 fully saturated rings. The Morgan fingerprint density at radius 3 is 2.42 bits per heavy atom. The predicted molar refractivity (Wildman–Crippen MR) is 99.3 cm³/mol. The third-order valence-electron chi connectivity index (χ3n) is 3.99. The SMILES string of the molecule is CCOC(=O)c1cccc(Cc2ccc(Cc3ccc[nH]c3=O)cc2)n1. The molecule has 0 amide bonds. The van der Waals surface area contributed by atoms with E-state index in [0.29, 0.717) is 25.1 Å². The van der Waals surface area contributed by atoms with Gasteiger partial charge in [-0.15, -0.1) is 0 Å². The Balaban J connectivity index is 1.70. The number of aromatic nitrogens is 2. The summed E-state index contributed by atoms with van der Waals surface area (Å²) in [7, 11) is 0. The maximum Gasteiger partial charge on any atom is 0.356 e. The quantitative estimate of drug-likeness (QED) is 0.695. The fraction of sp³-hybridized carbons (Fsp3) is 0.190. The van der Waals surface area contributed by atoms with Crippen LogP contribution in [-0.4, -0.2) is 22.5 Å². The summed E-state index contributed by atoms with van der Waals surface area (Å²) in [5, 5.41) is 0. The molecule has 0 atom stereocenters. The monoisotopic (exact) mass is 348 g/mol. The van der Waals surface area contributed by atoms with E-state index in [1.165, 1.54) is 0 Å². The molecular formula is C21H20N2O3. The molecule has 0 unspecified atom stereocenters. The first kappa shape index (κ1) is 17.6. The van der Waals surface area contributed by atoms with E-state index in [4.69, 9.17) is 4.74 Å². The summed E-state index contributed by atoms with van der Waals surface area (Å²) in [5.41, 5.74) is 3.97. The third-order valence-corrected chi connectivity index (χ3v) is 3.99. The smallest absolute Gasteiger partial charge is 0.356 e. The minimum Gasteiger partial charge on any atom is -0.461 e. The number of ether oxygens (including phenoxy) is 1. The molecule has 3 rings (SSSR count). The Morgan fingerprint density at radius 1 is 1.00 bits per heavy atom. The van der Waals surface area contributed by atoms with Gasteiger partial charge in [-0.2, -0.15) is 0 Å². The molecule has 132 valence electrons. The number of benzene rings is 1. The fourth-order valence-electron chi connectivity index (χ4n) is 2.70. The van der Waals surface area contributed by atoms with Crippen molar-refractivity contribution in [3.63, 3.8) is 0 Å². The second kappa shape index (κ2) is 8.25. The lowest BCUT2D eigenvalue weighted by molar-refractivity contribution is 0.0519. The van der Waals surface area contributed by atoms with Crippen molar-refractivity contribution in [2.45, 2.75) is 19.8 Å². The average molecular weight is 348 g/mol. The van der Waals surface area contributed by atoms with Gasteiger partial charge in [-0.25, -0.2) is 9.78 Å². The largest absolute Gasteiger partial charge is 0.461 e. The Hall–Kier alpha value is -3.21. The van der Waals surface area contributed by atoms with Gasteiger partial charge in [0.1, 0.15) is 5.69 Å². The molecule has 5 heteroatoms. The maximum absolute atomic E-state index is 11.8. The molecule has 2 heterocycles. The van der Waals surface area contributed by atoms with Gasteiger partial charge >= 0.3 is 5.97 Å². The van der Waals surface area contributed by atoms with Crippen LogP contribution in [0.4, 0.5) is 0 Å². The molecule has 0 saturated heterocycles. The normalized spacial score (nSPS) is 10.5. The second-order valence-electron chi connectivity index (χ2n) is 5.93. The van der Waals surface area contributed by atoms with Crippen molar-refractivity contribution in [2.75, 3.05) is 6.61 Å². The summed E-state index contributed by atoms with van der Waals surface area (Å²) >= 11 is 0. The summed E-state index contributed by atoms with van der Waals surface area (Å²) in [6.45, 7) is 2.10. The fourth-order valence-corrected chi connectivity index (χ4v) is 2.70. The van der Waals surface area contributed by atoms with Gasteiger partial charge in [-0.1, -0.05) is 36.4 Å². The van der Waals surface area contributed by atoms with Gasteiger partial charge in [0.2, 0.25) is 0 Å². The predicted octanol–water partition coefficient (Wildman–Crippen LogP) is 3.13. The van der Waals surface area contributed by atoms with Gasteiger partial charge in [0.15, 0.2) is 0 Å². The van der Waals surface area contributed by atoms with Crippen LogP contribution in [0.3, 0.4) is 0 Å². The number of nitrogens with zero attached hydrogens (tertiary/aromatic N) is 1. The lowest BCUT2D eigenvalue weighted by Gasteiger charge is -2.06. The van der Waals surface area contributed by atoms with Crippen molar-refractivity contribution in [1.29, 1.82) is 0 Å². The Bertz CT molecular complexity index is 946. The van der Waals surface area contributed by atoms with Crippen LogP contribution in [0.2, 0.25) is 0 Å². The molecule has 3 aromatic rings. The van der Waals surface area contributed by atoms with Crippen LogP contribution in [0.15, 0.2) is 65.6 Å². The molecule has 0 saturated carbocycles. The van der Waals surface area contributed by atoms with Gasteiger partial charge in [0.25, 0.3) is 5.56 Å². The number of hydrogen-bond donors (Lipinski definition) is 1. The first-order chi connectivity index (χ1) is 12.7. The van der Waals surface area contributed by atoms with Crippen molar-refractivity contribution in [1.82, 2.24) is 9.97 Å². The van der Waals surface area contributed by atoms with Crippen LogP contribution in [-0.2, 0) is 17.6 Å². The Morgan fingerprint density at radius 2 is 1.73 bits per heavy atom. The molecule has 1 aromatic carbocycles. The molecule has 0 aliphatic carbocycles. The van der Waals surface area contributed by atoms with Gasteiger partial charge in [-0.05, 0) is 36.2 Å². The first-order valence-corrected chi connectivity index (χ1v) is 8.53. The second-order valence-corrected chi connectivity index (χ2v) is 5.93. The zero-order valence-corrected chi connectivity index (χ0v) is 14.6. The lowest BCUT2D eigenvalue weighted by Crippen LogP contribution is -2.11. The number of carbonyl (C=O) groups is 1. The number of nitrogens with one attached hydrogen (secondary N) is 1. The van der Waals surface area contributed by atoms with Crippen LogP contribution in [0, 0.1) is 0 Å².